The average Bonchev–Trinajstić information content (AvgIpc) is 3.01. The second-order valence-corrected chi connectivity index (χ2v) is 7.45. The van der Waals surface area contributed by atoms with Gasteiger partial charge in [-0.2, -0.15) is 0 Å². The minimum Gasteiger partial charge on any atom is -0.496 e. The van der Waals surface area contributed by atoms with Crippen molar-refractivity contribution in [1.82, 2.24) is 4.90 Å². The van der Waals surface area contributed by atoms with Gasteiger partial charge in [0, 0.05) is 31.2 Å². The molecule has 4 nitrogen and oxygen atoms in total. The van der Waals surface area contributed by atoms with Gasteiger partial charge in [0.05, 0.1) is 13.2 Å². The monoisotopic (exact) mass is 329 g/mol. The molecule has 1 aromatic rings. The molecule has 1 aliphatic heterocycles. The van der Waals surface area contributed by atoms with E-state index in [-0.39, 0.29) is 12.0 Å². The standard InChI is InChI=1S/C20H27NO3/c1-23-18-10-3-2-6-14(18)12-21(13-15-7-5-11-24-15)20(22)19-16-8-4-9-17(16)19/h2-3,6,10,15-17,19H,4-5,7-9,11-13H2,1H3/t15-,16-,17+,19?/m0/s1. The van der Waals surface area contributed by atoms with Crippen LogP contribution in [0, 0.1) is 17.8 Å². The molecule has 0 N–H and O–H groups in total. The highest BCUT2D eigenvalue weighted by molar-refractivity contribution is 5.82. The van der Waals surface area contributed by atoms with Gasteiger partial charge in [-0.25, -0.2) is 0 Å². The maximum atomic E-state index is 13.1. The van der Waals surface area contributed by atoms with Crippen molar-refractivity contribution in [2.24, 2.45) is 17.8 Å². The Bertz CT molecular complexity index is 586. The molecule has 0 radical (unpaired) electrons. The number of para-hydroxylation sites is 1. The Hall–Kier alpha value is -1.55. The summed E-state index contributed by atoms with van der Waals surface area (Å²) < 4.78 is 11.3. The molecule has 4 rings (SSSR count). The normalized spacial score (nSPS) is 30.9. The van der Waals surface area contributed by atoms with Crippen LogP contribution < -0.4 is 4.74 Å². The Morgan fingerprint density at radius 1 is 1.21 bits per heavy atom. The molecule has 2 saturated carbocycles. The molecule has 4 heteroatoms. The number of carbonyl (C=O) groups is 1. The van der Waals surface area contributed by atoms with E-state index in [1.54, 1.807) is 7.11 Å². The zero-order valence-electron chi connectivity index (χ0n) is 14.4. The van der Waals surface area contributed by atoms with Crippen LogP contribution in [0.3, 0.4) is 0 Å². The molecule has 1 amide bonds. The summed E-state index contributed by atoms with van der Waals surface area (Å²) >= 11 is 0. The Balaban J connectivity index is 1.50. The van der Waals surface area contributed by atoms with E-state index in [2.05, 4.69) is 6.07 Å². The fraction of sp³-hybridized carbons (Fsp3) is 0.650. The summed E-state index contributed by atoms with van der Waals surface area (Å²) in [7, 11) is 1.69. The molecule has 0 bridgehead atoms. The zero-order chi connectivity index (χ0) is 16.5. The number of fused-ring (bicyclic) bond motifs is 1. The molecule has 1 unspecified atom stereocenters. The first-order valence-electron chi connectivity index (χ1n) is 9.30. The topological polar surface area (TPSA) is 38.8 Å². The van der Waals surface area contributed by atoms with Crippen molar-refractivity contribution in [2.75, 3.05) is 20.3 Å². The molecule has 1 aromatic carbocycles. The van der Waals surface area contributed by atoms with Gasteiger partial charge in [-0.3, -0.25) is 4.79 Å². The smallest absolute Gasteiger partial charge is 0.226 e. The highest BCUT2D eigenvalue weighted by Crippen LogP contribution is 2.58. The van der Waals surface area contributed by atoms with E-state index in [9.17, 15) is 4.79 Å². The summed E-state index contributed by atoms with van der Waals surface area (Å²) in [6.45, 7) is 2.17. The van der Waals surface area contributed by atoms with Crippen LogP contribution in [0.4, 0.5) is 0 Å². The van der Waals surface area contributed by atoms with Crippen molar-refractivity contribution in [2.45, 2.75) is 44.8 Å². The molecule has 3 aliphatic rings. The van der Waals surface area contributed by atoms with Crippen LogP contribution >= 0.6 is 0 Å². The molecular weight excluding hydrogens is 302 g/mol. The average molecular weight is 329 g/mol. The number of ether oxygens (including phenoxy) is 2. The molecule has 1 saturated heterocycles. The van der Waals surface area contributed by atoms with Gasteiger partial charge in [0.25, 0.3) is 0 Å². The molecule has 24 heavy (non-hydrogen) atoms. The molecule has 3 fully saturated rings. The lowest BCUT2D eigenvalue weighted by atomic mass is 10.1. The summed E-state index contributed by atoms with van der Waals surface area (Å²) in [5.74, 6) is 2.78. The number of nitrogens with zero attached hydrogens (tertiary/aromatic N) is 1. The van der Waals surface area contributed by atoms with Crippen molar-refractivity contribution >= 4 is 5.91 Å². The predicted octanol–water partition coefficient (Wildman–Crippen LogP) is 3.25. The van der Waals surface area contributed by atoms with E-state index < -0.39 is 0 Å². The molecule has 0 spiro atoms. The fourth-order valence-corrected chi connectivity index (χ4v) is 4.70. The fourth-order valence-electron chi connectivity index (χ4n) is 4.70. The second-order valence-electron chi connectivity index (χ2n) is 7.45. The van der Waals surface area contributed by atoms with Crippen molar-refractivity contribution in [3.8, 4) is 5.75 Å². The molecule has 130 valence electrons. The van der Waals surface area contributed by atoms with Crippen LogP contribution in [0.1, 0.15) is 37.7 Å². The van der Waals surface area contributed by atoms with Gasteiger partial charge in [0.1, 0.15) is 5.75 Å². The summed E-state index contributed by atoms with van der Waals surface area (Å²) in [5.41, 5.74) is 1.08. The third-order valence-electron chi connectivity index (χ3n) is 6.01. The van der Waals surface area contributed by atoms with Gasteiger partial charge < -0.3 is 14.4 Å². The lowest BCUT2D eigenvalue weighted by Crippen LogP contribution is -2.38. The number of hydrogen-bond acceptors (Lipinski definition) is 3. The summed E-state index contributed by atoms with van der Waals surface area (Å²) in [6.07, 6.45) is 6.15. The van der Waals surface area contributed by atoms with E-state index in [1.807, 2.05) is 23.1 Å². The minimum atomic E-state index is 0.197. The van der Waals surface area contributed by atoms with Crippen molar-refractivity contribution in [3.63, 3.8) is 0 Å². The van der Waals surface area contributed by atoms with E-state index in [0.717, 1.165) is 30.8 Å². The Labute approximate surface area is 144 Å². The van der Waals surface area contributed by atoms with E-state index in [4.69, 9.17) is 9.47 Å². The van der Waals surface area contributed by atoms with Crippen LogP contribution in [0.2, 0.25) is 0 Å². The van der Waals surface area contributed by atoms with Gasteiger partial charge in [0.15, 0.2) is 0 Å². The van der Waals surface area contributed by atoms with Crippen molar-refractivity contribution in [3.05, 3.63) is 29.8 Å². The lowest BCUT2D eigenvalue weighted by Gasteiger charge is -2.27. The van der Waals surface area contributed by atoms with Crippen LogP contribution in [0.15, 0.2) is 24.3 Å². The summed E-state index contributed by atoms with van der Waals surface area (Å²) in [4.78, 5) is 15.2. The number of benzene rings is 1. The molecule has 4 atom stereocenters. The SMILES string of the molecule is COc1ccccc1CN(C[C@@H]1CCCO1)C(=O)C1[C@H]2CCC[C@@H]12. The maximum Gasteiger partial charge on any atom is 0.226 e. The van der Waals surface area contributed by atoms with Crippen LogP contribution in [-0.2, 0) is 16.1 Å². The van der Waals surface area contributed by atoms with Crippen LogP contribution in [-0.4, -0.2) is 37.2 Å². The summed E-state index contributed by atoms with van der Waals surface area (Å²) in [5, 5.41) is 0. The molecular formula is C20H27NO3. The predicted molar refractivity (Wildman–Crippen MR) is 91.7 cm³/mol. The Morgan fingerprint density at radius 3 is 2.71 bits per heavy atom. The molecule has 0 aromatic heterocycles. The minimum absolute atomic E-state index is 0.197. The first-order valence-corrected chi connectivity index (χ1v) is 9.30. The number of methoxy groups -OCH3 is 1. The first-order chi connectivity index (χ1) is 11.8. The quantitative estimate of drug-likeness (QED) is 0.804. The lowest BCUT2D eigenvalue weighted by molar-refractivity contribution is -0.135. The maximum absolute atomic E-state index is 13.1. The second kappa shape index (κ2) is 6.75. The van der Waals surface area contributed by atoms with Crippen molar-refractivity contribution < 1.29 is 14.3 Å². The Kier molecular flexibility index (Phi) is 4.49. The van der Waals surface area contributed by atoms with Crippen molar-refractivity contribution in [1.29, 1.82) is 0 Å². The first kappa shape index (κ1) is 15.9. The van der Waals surface area contributed by atoms with E-state index >= 15 is 0 Å². The van der Waals surface area contributed by atoms with Gasteiger partial charge in [-0.15, -0.1) is 0 Å². The highest BCUT2D eigenvalue weighted by Gasteiger charge is 2.57. The third kappa shape index (κ3) is 3.04. The largest absolute Gasteiger partial charge is 0.496 e. The zero-order valence-corrected chi connectivity index (χ0v) is 14.4. The van der Waals surface area contributed by atoms with Gasteiger partial charge >= 0.3 is 0 Å². The Morgan fingerprint density at radius 2 is 2.00 bits per heavy atom. The van der Waals surface area contributed by atoms with Crippen LogP contribution in [0.25, 0.3) is 0 Å². The molecule has 2 aliphatic carbocycles. The highest BCUT2D eigenvalue weighted by atomic mass is 16.5. The van der Waals surface area contributed by atoms with Crippen LogP contribution in [0.5, 0.6) is 5.75 Å². The van der Waals surface area contributed by atoms with Gasteiger partial charge in [-0.1, -0.05) is 24.6 Å². The number of amides is 1. The number of rotatable bonds is 6. The van der Waals surface area contributed by atoms with Gasteiger partial charge in [-0.05, 0) is 43.6 Å². The summed E-state index contributed by atoms with van der Waals surface area (Å²) in [6, 6.07) is 8.01. The number of carbonyl (C=O) groups excluding carboxylic acids is 1. The number of hydrogen-bond donors (Lipinski definition) is 0. The van der Waals surface area contributed by atoms with E-state index in [0.29, 0.717) is 30.8 Å². The van der Waals surface area contributed by atoms with Gasteiger partial charge in [0.2, 0.25) is 5.91 Å². The third-order valence-corrected chi connectivity index (χ3v) is 6.01. The van der Waals surface area contributed by atoms with E-state index in [1.165, 1.54) is 19.3 Å². The molecule has 1 heterocycles.